The van der Waals surface area contributed by atoms with E-state index in [1.54, 1.807) is 0 Å². The molecule has 11 nitrogen and oxygen atoms in total. The first-order chi connectivity index (χ1) is 29.1. The molecule has 60 heavy (non-hydrogen) atoms. The van der Waals surface area contributed by atoms with Crippen molar-refractivity contribution in [3.63, 3.8) is 0 Å². The lowest BCUT2D eigenvalue weighted by Gasteiger charge is -2.37. The molecule has 0 saturated carbocycles. The van der Waals surface area contributed by atoms with Gasteiger partial charge in [0, 0.05) is 29.5 Å². The highest BCUT2D eigenvalue weighted by molar-refractivity contribution is 7.15. The maximum atomic E-state index is 13.9. The molecule has 0 spiro atoms. The molecule has 8 rings (SSSR count). The molecule has 2 unspecified atom stereocenters. The van der Waals surface area contributed by atoms with Crippen molar-refractivity contribution >= 4 is 40.4 Å². The Morgan fingerprint density at radius 2 is 1.68 bits per heavy atom. The monoisotopic (exact) mass is 841 g/mol. The summed E-state index contributed by atoms with van der Waals surface area (Å²) in [6.45, 7) is 6.10. The minimum absolute atomic E-state index is 0.0185. The summed E-state index contributed by atoms with van der Waals surface area (Å²) in [6.07, 6.45) is 0.948. The van der Waals surface area contributed by atoms with E-state index in [-0.39, 0.29) is 18.5 Å². The zero-order valence-electron chi connectivity index (χ0n) is 33.2. The van der Waals surface area contributed by atoms with Gasteiger partial charge < -0.3 is 30.4 Å². The van der Waals surface area contributed by atoms with Gasteiger partial charge in [-0.15, -0.1) is 11.3 Å². The molecule has 1 aromatic heterocycles. The maximum absolute atomic E-state index is 13.9. The zero-order chi connectivity index (χ0) is 42.2. The number of nitrogens with one attached hydrogen (secondary N) is 1. The summed E-state index contributed by atoms with van der Waals surface area (Å²) in [6, 6.07) is 35.6. The Labute approximate surface area is 357 Å². The van der Waals surface area contributed by atoms with Crippen LogP contribution in [0.1, 0.15) is 55.6 Å². The summed E-state index contributed by atoms with van der Waals surface area (Å²) in [5, 5.41) is 20.5. The van der Waals surface area contributed by atoms with E-state index in [0.717, 1.165) is 65.9 Å². The Morgan fingerprint density at radius 1 is 1.00 bits per heavy atom. The van der Waals surface area contributed by atoms with E-state index >= 15 is 0 Å². The third-order valence-electron chi connectivity index (χ3n) is 10.6. The third kappa shape index (κ3) is 10.1. The van der Waals surface area contributed by atoms with Crippen molar-refractivity contribution in [3.05, 3.63) is 158 Å². The minimum Gasteiger partial charge on any atom is -0.489 e. The molecule has 2 atom stereocenters. The van der Waals surface area contributed by atoms with Gasteiger partial charge in [-0.05, 0) is 114 Å². The van der Waals surface area contributed by atoms with Crippen molar-refractivity contribution in [2.75, 3.05) is 18.9 Å². The van der Waals surface area contributed by atoms with Gasteiger partial charge in [0.2, 0.25) is 5.91 Å². The Hall–Kier alpha value is -6.39. The number of aromatic nitrogens is 1. The van der Waals surface area contributed by atoms with Crippen molar-refractivity contribution in [1.82, 2.24) is 15.2 Å². The van der Waals surface area contributed by atoms with Crippen molar-refractivity contribution in [3.8, 4) is 34.4 Å². The summed E-state index contributed by atoms with van der Waals surface area (Å²) in [4.78, 5) is 30.0. The van der Waals surface area contributed by atoms with Crippen molar-refractivity contribution in [1.29, 1.82) is 5.26 Å². The number of nitriles is 1. The molecule has 13 heteroatoms. The number of carbonyl (C=O) groups is 2. The van der Waals surface area contributed by atoms with Gasteiger partial charge >= 0.3 is 0 Å². The van der Waals surface area contributed by atoms with Crippen LogP contribution in [0.3, 0.4) is 0 Å². The van der Waals surface area contributed by atoms with Crippen LogP contribution in [0.4, 0.5) is 5.13 Å². The molecule has 0 fully saturated rings. The summed E-state index contributed by atoms with van der Waals surface area (Å²) >= 11 is 7.75. The van der Waals surface area contributed by atoms with Crippen LogP contribution < -0.4 is 25.3 Å². The number of aryl methyl sites for hydroxylation is 2. The Balaban J connectivity index is 0.00000176. The lowest BCUT2D eigenvalue weighted by molar-refractivity contribution is -0.127. The van der Waals surface area contributed by atoms with Gasteiger partial charge in [0.15, 0.2) is 22.7 Å². The summed E-state index contributed by atoms with van der Waals surface area (Å²) in [7, 11) is 0. The van der Waals surface area contributed by atoms with Crippen LogP contribution in [0.5, 0.6) is 17.2 Å². The third-order valence-corrected chi connectivity index (χ3v) is 12.0. The second kappa shape index (κ2) is 19.1. The van der Waals surface area contributed by atoms with Gasteiger partial charge in [0.25, 0.3) is 6.47 Å². The highest BCUT2D eigenvalue weighted by atomic mass is 35.5. The van der Waals surface area contributed by atoms with Crippen LogP contribution in [0, 0.1) is 25.2 Å². The predicted octanol–water partition coefficient (Wildman–Crippen LogP) is 8.61. The fourth-order valence-corrected chi connectivity index (χ4v) is 8.36. The van der Waals surface area contributed by atoms with Crippen LogP contribution >= 0.6 is 22.9 Å². The molecule has 2 aliphatic rings. The van der Waals surface area contributed by atoms with Gasteiger partial charge in [-0.25, -0.2) is 4.98 Å². The Morgan fingerprint density at radius 3 is 2.35 bits per heavy atom. The van der Waals surface area contributed by atoms with Gasteiger partial charge in [-0.1, -0.05) is 72.3 Å². The average molecular weight is 842 g/mol. The number of carbonyl (C=O) groups excluding carboxylic acids is 1. The number of nitrogen functional groups attached to an aromatic ring is 1. The van der Waals surface area contributed by atoms with E-state index in [0.29, 0.717) is 67.9 Å². The van der Waals surface area contributed by atoms with E-state index in [2.05, 4.69) is 51.6 Å². The number of benzene rings is 5. The van der Waals surface area contributed by atoms with Crippen LogP contribution in [-0.4, -0.2) is 46.6 Å². The number of rotatable bonds is 11. The number of anilines is 1. The molecule has 0 aliphatic carbocycles. The topological polar surface area (TPSA) is 160 Å². The van der Waals surface area contributed by atoms with Gasteiger partial charge in [0.05, 0.1) is 23.4 Å². The number of hydrogen-bond donors (Lipinski definition) is 3. The lowest BCUT2D eigenvalue weighted by Crippen LogP contribution is -2.50. The Kier molecular flexibility index (Phi) is 13.3. The van der Waals surface area contributed by atoms with Crippen molar-refractivity contribution in [2.45, 2.75) is 58.5 Å². The Bertz CT molecular complexity index is 2500. The van der Waals surface area contributed by atoms with E-state index in [1.807, 2.05) is 86.6 Å². The first-order valence-electron chi connectivity index (χ1n) is 19.4. The molecule has 6 aromatic rings. The number of nitrogens with zero attached hydrogens (tertiary/aromatic N) is 3. The van der Waals surface area contributed by atoms with E-state index in [9.17, 15) is 4.79 Å². The fourth-order valence-electron chi connectivity index (χ4n) is 7.30. The van der Waals surface area contributed by atoms with Crippen LogP contribution in [0.15, 0.2) is 103 Å². The highest BCUT2D eigenvalue weighted by Gasteiger charge is 2.34. The maximum Gasteiger partial charge on any atom is 0.290 e. The molecule has 0 radical (unpaired) electrons. The quantitative estimate of drug-likeness (QED) is 0.108. The highest BCUT2D eigenvalue weighted by Crippen LogP contribution is 2.41. The van der Waals surface area contributed by atoms with E-state index in [4.69, 9.17) is 46.7 Å². The lowest BCUT2D eigenvalue weighted by atomic mass is 9.92. The molecule has 0 saturated heterocycles. The van der Waals surface area contributed by atoms with E-state index < -0.39 is 6.04 Å². The fraction of sp³-hybridized carbons (Fsp3) is 0.234. The first-order valence-corrected chi connectivity index (χ1v) is 20.6. The molecule has 306 valence electrons. The van der Waals surface area contributed by atoms with E-state index in [1.165, 1.54) is 11.3 Å². The summed E-state index contributed by atoms with van der Waals surface area (Å²) in [5.74, 6) is 2.11. The molecule has 2 aliphatic heterocycles. The smallest absolute Gasteiger partial charge is 0.290 e. The van der Waals surface area contributed by atoms with Gasteiger partial charge in [0.1, 0.15) is 19.0 Å². The number of fused-ring (bicyclic) bond motifs is 2. The van der Waals surface area contributed by atoms with Crippen LogP contribution in [-0.2, 0) is 42.1 Å². The zero-order valence-corrected chi connectivity index (χ0v) is 34.8. The van der Waals surface area contributed by atoms with Crippen LogP contribution in [0.2, 0.25) is 5.02 Å². The number of ether oxygens (including phenoxy) is 3. The predicted molar refractivity (Wildman–Crippen MR) is 232 cm³/mol. The number of hydrogen-bond acceptors (Lipinski definition) is 10. The summed E-state index contributed by atoms with van der Waals surface area (Å²) < 4.78 is 18.9. The second-order valence-electron chi connectivity index (χ2n) is 14.6. The van der Waals surface area contributed by atoms with Gasteiger partial charge in [-0.3, -0.25) is 14.5 Å². The molecule has 5 aromatic carbocycles. The number of halogens is 1. The SMILES string of the molecule is Cc1ccc(COc2ccc(C3COc4cc5c(cc4O3)CN(Cc3sc(N)nc3C)C(C(=O)NCCc3ccc(-c4ccc(C#N)cc4)cc3)C5)cc2)cc1Cl.O=CO. The normalized spacial score (nSPS) is 15.4. The molecule has 0 bridgehead atoms. The standard InChI is InChI=1S/C46H42ClN5O4S.CH2O2/c1-28-3-4-32(19-39(28)47)26-54-38-15-13-35(14-16-38)43-27-55-41-21-36-20-40(52(24-37(36)22-42(41)56-43)25-44-29(2)51-46(49)57-44)45(53)50-18-17-30-5-9-33(10-6-30)34-11-7-31(23-48)8-12-34;2-1-3/h3-16,19,21-22,40,43H,17-18,20,24-27H2,1-2H3,(H2,49,51)(H,50,53);1H,(H,2,3). The van der Waals surface area contributed by atoms with Gasteiger partial charge in [-0.2, -0.15) is 5.26 Å². The molecule has 3 heterocycles. The number of nitrogens with two attached hydrogens (primary N) is 1. The largest absolute Gasteiger partial charge is 0.489 e. The number of carboxylic acid groups (broad SMARTS) is 1. The van der Waals surface area contributed by atoms with Crippen molar-refractivity contribution < 1.29 is 28.9 Å². The molecular weight excluding hydrogens is 798 g/mol. The number of thiazole rings is 1. The molecule has 4 N–H and O–H groups in total. The van der Waals surface area contributed by atoms with Crippen molar-refractivity contribution in [2.24, 2.45) is 0 Å². The summed E-state index contributed by atoms with van der Waals surface area (Å²) in [5.41, 5.74) is 16.1. The first kappa shape index (κ1) is 41.8. The molecule has 1 amide bonds. The van der Waals surface area contributed by atoms with Crippen LogP contribution in [0.25, 0.3) is 11.1 Å². The minimum atomic E-state index is -0.391. The number of amides is 1. The molecular formula is C47H44ClN5O6S. The average Bonchev–Trinajstić information content (AvgIpc) is 3.58. The second-order valence-corrected chi connectivity index (χ2v) is 16.2.